The molecule has 6 heteroatoms. The second kappa shape index (κ2) is 4.43. The van der Waals surface area contributed by atoms with Crippen LogP contribution < -0.4 is 5.32 Å². The summed E-state index contributed by atoms with van der Waals surface area (Å²) in [6.45, 7) is 0. The van der Waals surface area contributed by atoms with Crippen LogP contribution >= 0.6 is 0 Å². The Bertz CT molecular complexity index is 464. The number of carbonyl (C=O) groups is 1. The van der Waals surface area contributed by atoms with Gasteiger partial charge in [-0.15, -0.1) is 5.10 Å². The topological polar surface area (TPSA) is 79.9 Å². The van der Waals surface area contributed by atoms with E-state index in [0.29, 0.717) is 11.4 Å². The number of aromatic nitrogens is 3. The second-order valence-electron chi connectivity index (χ2n) is 3.05. The number of hydrogen-bond acceptors (Lipinski definition) is 5. The Hall–Kier alpha value is -2.37. The first-order chi connectivity index (χ1) is 7.79. The van der Waals surface area contributed by atoms with Gasteiger partial charge < -0.3 is 10.1 Å². The van der Waals surface area contributed by atoms with Crippen molar-refractivity contribution in [3.63, 3.8) is 0 Å². The SMILES string of the molecule is COC(=O)c1ccc(Nc2cn[nH]n2)cc1. The van der Waals surface area contributed by atoms with Gasteiger partial charge in [0.1, 0.15) is 0 Å². The molecule has 1 heterocycles. The van der Waals surface area contributed by atoms with Crippen molar-refractivity contribution in [3.8, 4) is 0 Å². The summed E-state index contributed by atoms with van der Waals surface area (Å²) in [5.41, 5.74) is 1.33. The molecular weight excluding hydrogens is 208 g/mol. The highest BCUT2D eigenvalue weighted by Crippen LogP contribution is 2.14. The van der Waals surface area contributed by atoms with E-state index in [-0.39, 0.29) is 5.97 Å². The van der Waals surface area contributed by atoms with Crippen LogP contribution in [-0.2, 0) is 4.74 Å². The maximum atomic E-state index is 11.2. The summed E-state index contributed by atoms with van der Waals surface area (Å²) in [5.74, 6) is 0.263. The Kier molecular flexibility index (Phi) is 2.81. The summed E-state index contributed by atoms with van der Waals surface area (Å²) in [6.07, 6.45) is 1.56. The van der Waals surface area contributed by atoms with Gasteiger partial charge >= 0.3 is 5.97 Å². The summed E-state index contributed by atoms with van der Waals surface area (Å²) in [6, 6.07) is 6.88. The maximum absolute atomic E-state index is 11.2. The number of nitrogens with zero attached hydrogens (tertiary/aromatic N) is 2. The molecule has 1 aromatic carbocycles. The van der Waals surface area contributed by atoms with Crippen LogP contribution in [0.4, 0.5) is 11.5 Å². The van der Waals surface area contributed by atoms with Crippen LogP contribution in [0.15, 0.2) is 30.5 Å². The van der Waals surface area contributed by atoms with Gasteiger partial charge in [0.05, 0.1) is 18.9 Å². The minimum Gasteiger partial charge on any atom is -0.465 e. The van der Waals surface area contributed by atoms with Crippen LogP contribution in [-0.4, -0.2) is 28.5 Å². The molecule has 0 unspecified atom stereocenters. The lowest BCUT2D eigenvalue weighted by molar-refractivity contribution is 0.0601. The first-order valence-electron chi connectivity index (χ1n) is 4.61. The Balaban J connectivity index is 2.10. The Morgan fingerprint density at radius 2 is 2.12 bits per heavy atom. The molecule has 0 bridgehead atoms. The summed E-state index contributed by atoms with van der Waals surface area (Å²) in [4.78, 5) is 11.2. The van der Waals surface area contributed by atoms with Crippen LogP contribution in [0.5, 0.6) is 0 Å². The van der Waals surface area contributed by atoms with Gasteiger partial charge in [0.15, 0.2) is 5.82 Å². The van der Waals surface area contributed by atoms with Crippen LogP contribution in [0.3, 0.4) is 0 Å². The van der Waals surface area contributed by atoms with E-state index in [1.54, 1.807) is 30.5 Å². The van der Waals surface area contributed by atoms with Gasteiger partial charge in [0.2, 0.25) is 0 Å². The number of aromatic amines is 1. The minimum absolute atomic E-state index is 0.354. The van der Waals surface area contributed by atoms with Gasteiger partial charge in [-0.25, -0.2) is 4.79 Å². The van der Waals surface area contributed by atoms with Crippen molar-refractivity contribution in [2.45, 2.75) is 0 Å². The highest BCUT2D eigenvalue weighted by atomic mass is 16.5. The Morgan fingerprint density at radius 1 is 1.38 bits per heavy atom. The zero-order valence-corrected chi connectivity index (χ0v) is 8.60. The van der Waals surface area contributed by atoms with Gasteiger partial charge in [0.25, 0.3) is 0 Å². The lowest BCUT2D eigenvalue weighted by Crippen LogP contribution is -2.00. The molecule has 0 radical (unpaired) electrons. The van der Waals surface area contributed by atoms with E-state index in [0.717, 1.165) is 5.69 Å². The third kappa shape index (κ3) is 2.17. The number of methoxy groups -OCH3 is 1. The van der Waals surface area contributed by atoms with Crippen molar-refractivity contribution in [2.75, 3.05) is 12.4 Å². The summed E-state index contributed by atoms with van der Waals surface area (Å²) < 4.78 is 4.60. The molecular formula is C10H10N4O2. The first kappa shape index (κ1) is 10.2. The number of hydrogen-bond donors (Lipinski definition) is 2. The van der Waals surface area contributed by atoms with Crippen molar-refractivity contribution in [1.29, 1.82) is 0 Å². The number of H-pyrrole nitrogens is 1. The van der Waals surface area contributed by atoms with E-state index in [1.165, 1.54) is 7.11 Å². The molecule has 0 amide bonds. The quantitative estimate of drug-likeness (QED) is 0.760. The monoisotopic (exact) mass is 218 g/mol. The third-order valence-electron chi connectivity index (χ3n) is 1.99. The summed E-state index contributed by atoms with van der Waals surface area (Å²) >= 11 is 0. The molecule has 0 atom stereocenters. The second-order valence-corrected chi connectivity index (χ2v) is 3.05. The van der Waals surface area contributed by atoms with E-state index in [4.69, 9.17) is 0 Å². The Morgan fingerprint density at radius 3 is 2.69 bits per heavy atom. The van der Waals surface area contributed by atoms with Crippen molar-refractivity contribution in [1.82, 2.24) is 15.4 Å². The predicted octanol–water partition coefficient (Wildman–Crippen LogP) is 1.33. The van der Waals surface area contributed by atoms with Crippen molar-refractivity contribution in [3.05, 3.63) is 36.0 Å². The fourth-order valence-corrected chi connectivity index (χ4v) is 1.22. The van der Waals surface area contributed by atoms with Crippen LogP contribution in [0.25, 0.3) is 0 Å². The van der Waals surface area contributed by atoms with Crippen LogP contribution in [0, 0.1) is 0 Å². The normalized spacial score (nSPS) is 9.81. The van der Waals surface area contributed by atoms with Gasteiger partial charge in [-0.2, -0.15) is 10.3 Å². The van der Waals surface area contributed by atoms with E-state index in [2.05, 4.69) is 25.5 Å². The van der Waals surface area contributed by atoms with Gasteiger partial charge in [-0.05, 0) is 24.3 Å². The highest BCUT2D eigenvalue weighted by Gasteiger charge is 2.04. The molecule has 2 rings (SSSR count). The fourth-order valence-electron chi connectivity index (χ4n) is 1.22. The number of rotatable bonds is 3. The third-order valence-corrected chi connectivity index (χ3v) is 1.99. The largest absolute Gasteiger partial charge is 0.465 e. The molecule has 0 fully saturated rings. The van der Waals surface area contributed by atoms with E-state index in [9.17, 15) is 4.79 Å². The number of carbonyl (C=O) groups excluding carboxylic acids is 1. The zero-order chi connectivity index (χ0) is 11.4. The van der Waals surface area contributed by atoms with Crippen molar-refractivity contribution in [2.24, 2.45) is 0 Å². The van der Waals surface area contributed by atoms with Gasteiger partial charge in [-0.3, -0.25) is 0 Å². The average Bonchev–Trinajstić information content (AvgIpc) is 2.82. The van der Waals surface area contributed by atoms with Crippen LogP contribution in [0.2, 0.25) is 0 Å². The number of nitrogens with one attached hydrogen (secondary N) is 2. The maximum Gasteiger partial charge on any atom is 0.337 e. The molecule has 1 aromatic heterocycles. The molecule has 2 aromatic rings. The molecule has 0 aliphatic rings. The lowest BCUT2D eigenvalue weighted by Gasteiger charge is -2.03. The molecule has 0 saturated heterocycles. The lowest BCUT2D eigenvalue weighted by atomic mass is 10.2. The van der Waals surface area contributed by atoms with Gasteiger partial charge in [-0.1, -0.05) is 0 Å². The average molecular weight is 218 g/mol. The molecule has 0 saturated carbocycles. The number of ether oxygens (including phenoxy) is 1. The number of benzene rings is 1. The first-order valence-corrected chi connectivity index (χ1v) is 4.61. The molecule has 0 aliphatic carbocycles. The summed E-state index contributed by atoms with van der Waals surface area (Å²) in [5, 5.41) is 13.0. The zero-order valence-electron chi connectivity index (χ0n) is 8.60. The minimum atomic E-state index is -0.354. The molecule has 6 nitrogen and oxygen atoms in total. The van der Waals surface area contributed by atoms with E-state index < -0.39 is 0 Å². The standard InChI is InChI=1S/C10H10N4O2/c1-16-10(15)7-2-4-8(5-3-7)12-9-6-11-14-13-9/h2-6H,1H3,(H2,11,12,13,14). The van der Waals surface area contributed by atoms with Crippen molar-refractivity contribution < 1.29 is 9.53 Å². The van der Waals surface area contributed by atoms with Crippen molar-refractivity contribution >= 4 is 17.5 Å². The van der Waals surface area contributed by atoms with E-state index >= 15 is 0 Å². The van der Waals surface area contributed by atoms with Crippen LogP contribution in [0.1, 0.15) is 10.4 Å². The molecule has 2 N–H and O–H groups in total. The van der Waals surface area contributed by atoms with E-state index in [1.807, 2.05) is 0 Å². The molecule has 16 heavy (non-hydrogen) atoms. The highest BCUT2D eigenvalue weighted by molar-refractivity contribution is 5.89. The molecule has 0 spiro atoms. The number of anilines is 2. The Labute approximate surface area is 91.6 Å². The number of esters is 1. The van der Waals surface area contributed by atoms with Gasteiger partial charge in [0, 0.05) is 5.69 Å². The fraction of sp³-hybridized carbons (Fsp3) is 0.100. The molecule has 0 aliphatic heterocycles. The smallest absolute Gasteiger partial charge is 0.337 e. The molecule has 82 valence electrons. The summed E-state index contributed by atoms with van der Waals surface area (Å²) in [7, 11) is 1.35. The predicted molar refractivity (Wildman–Crippen MR) is 57.4 cm³/mol.